The molecule has 0 fully saturated rings. The molecule has 0 saturated carbocycles. The Morgan fingerprint density at radius 2 is 1.62 bits per heavy atom. The molecule has 0 aliphatic carbocycles. The van der Waals surface area contributed by atoms with Gasteiger partial charge in [0.15, 0.2) is 0 Å². The SMILES string of the molecule is CCC(C)OCC(=O)O.CCOCC(=O)O. The van der Waals surface area contributed by atoms with Gasteiger partial charge < -0.3 is 19.7 Å². The van der Waals surface area contributed by atoms with Crippen molar-refractivity contribution in [1.82, 2.24) is 0 Å². The molecule has 6 heteroatoms. The third-order valence-electron chi connectivity index (χ3n) is 1.50. The van der Waals surface area contributed by atoms with Crippen LogP contribution in [0.1, 0.15) is 27.2 Å². The first-order valence-electron chi connectivity index (χ1n) is 5.06. The highest BCUT2D eigenvalue weighted by Gasteiger charge is 2.00. The summed E-state index contributed by atoms with van der Waals surface area (Å²) in [6.07, 6.45) is 0.911. The quantitative estimate of drug-likeness (QED) is 0.684. The lowest BCUT2D eigenvalue weighted by Crippen LogP contribution is -2.13. The predicted molar refractivity (Wildman–Crippen MR) is 57.5 cm³/mol. The Kier molecular flexibility index (Phi) is 12.9. The highest BCUT2D eigenvalue weighted by Crippen LogP contribution is 1.93. The first kappa shape index (κ1) is 17.3. The smallest absolute Gasteiger partial charge is 0.329 e. The van der Waals surface area contributed by atoms with E-state index in [-0.39, 0.29) is 19.3 Å². The highest BCUT2D eigenvalue weighted by molar-refractivity contribution is 5.68. The van der Waals surface area contributed by atoms with E-state index in [1.165, 1.54) is 0 Å². The number of rotatable bonds is 7. The summed E-state index contributed by atoms with van der Waals surface area (Å²) in [7, 11) is 0. The molecule has 1 unspecified atom stereocenters. The molecule has 96 valence electrons. The molecule has 0 bridgehead atoms. The minimum absolute atomic E-state index is 0.0566. The van der Waals surface area contributed by atoms with Gasteiger partial charge in [0, 0.05) is 6.61 Å². The predicted octanol–water partition coefficient (Wildman–Crippen LogP) is 0.994. The molecule has 0 aromatic rings. The van der Waals surface area contributed by atoms with Crippen molar-refractivity contribution in [2.75, 3.05) is 19.8 Å². The Bertz CT molecular complexity index is 192. The van der Waals surface area contributed by atoms with Gasteiger partial charge in [0.2, 0.25) is 0 Å². The van der Waals surface area contributed by atoms with Crippen molar-refractivity contribution in [3.05, 3.63) is 0 Å². The number of ether oxygens (including phenoxy) is 2. The second kappa shape index (κ2) is 11.9. The zero-order valence-corrected chi connectivity index (χ0v) is 9.93. The summed E-state index contributed by atoms with van der Waals surface area (Å²) in [5.74, 6) is -1.82. The van der Waals surface area contributed by atoms with E-state index in [1.54, 1.807) is 6.92 Å². The Balaban J connectivity index is 0. The Labute approximate surface area is 95.2 Å². The molecule has 0 rings (SSSR count). The second-order valence-corrected chi connectivity index (χ2v) is 2.95. The van der Waals surface area contributed by atoms with Gasteiger partial charge in [-0.05, 0) is 20.3 Å². The first-order chi connectivity index (χ1) is 7.43. The fourth-order valence-electron chi connectivity index (χ4n) is 0.521. The van der Waals surface area contributed by atoms with Crippen molar-refractivity contribution in [1.29, 1.82) is 0 Å². The molecule has 0 aromatic carbocycles. The van der Waals surface area contributed by atoms with Crippen LogP contribution < -0.4 is 0 Å². The lowest BCUT2D eigenvalue weighted by molar-refractivity contribution is -0.144. The lowest BCUT2D eigenvalue weighted by atomic mass is 10.3. The van der Waals surface area contributed by atoms with Crippen molar-refractivity contribution in [3.8, 4) is 0 Å². The number of hydrogen-bond acceptors (Lipinski definition) is 4. The molecule has 0 saturated heterocycles. The van der Waals surface area contributed by atoms with Gasteiger partial charge in [0.05, 0.1) is 6.10 Å². The maximum absolute atomic E-state index is 9.89. The van der Waals surface area contributed by atoms with Crippen LogP contribution >= 0.6 is 0 Å². The maximum Gasteiger partial charge on any atom is 0.329 e. The van der Waals surface area contributed by atoms with Crippen LogP contribution in [0, 0.1) is 0 Å². The highest BCUT2D eigenvalue weighted by atomic mass is 16.5. The summed E-state index contributed by atoms with van der Waals surface area (Å²) in [4.78, 5) is 19.5. The van der Waals surface area contributed by atoms with Crippen LogP contribution in [0.4, 0.5) is 0 Å². The lowest BCUT2D eigenvalue weighted by Gasteiger charge is -2.06. The van der Waals surface area contributed by atoms with Crippen LogP contribution in [0.2, 0.25) is 0 Å². The zero-order chi connectivity index (χ0) is 13.0. The third kappa shape index (κ3) is 18.6. The normalized spacial score (nSPS) is 11.2. The maximum atomic E-state index is 9.89. The third-order valence-corrected chi connectivity index (χ3v) is 1.50. The van der Waals surface area contributed by atoms with Gasteiger partial charge in [-0.15, -0.1) is 0 Å². The molecule has 0 amide bonds. The van der Waals surface area contributed by atoms with Crippen molar-refractivity contribution in [3.63, 3.8) is 0 Å². The van der Waals surface area contributed by atoms with Crippen LogP contribution in [0.15, 0.2) is 0 Å². The van der Waals surface area contributed by atoms with E-state index in [0.29, 0.717) is 6.61 Å². The van der Waals surface area contributed by atoms with Gasteiger partial charge in [0.25, 0.3) is 0 Å². The standard InChI is InChI=1S/C6H12O3.C4H8O3/c1-3-5(2)9-4-6(7)8;1-2-7-3-4(5)6/h5H,3-4H2,1-2H3,(H,7,8);2-3H2,1H3,(H,5,6). The minimum Gasteiger partial charge on any atom is -0.480 e. The molecule has 0 aromatic heterocycles. The van der Waals surface area contributed by atoms with Gasteiger partial charge in [0.1, 0.15) is 13.2 Å². The molecule has 16 heavy (non-hydrogen) atoms. The van der Waals surface area contributed by atoms with Crippen LogP contribution in [-0.4, -0.2) is 48.1 Å². The van der Waals surface area contributed by atoms with Crippen LogP contribution in [-0.2, 0) is 19.1 Å². The summed E-state index contributed by atoms with van der Waals surface area (Å²) >= 11 is 0. The van der Waals surface area contributed by atoms with Crippen molar-refractivity contribution in [2.45, 2.75) is 33.3 Å². The molecule has 2 N–H and O–H groups in total. The number of hydrogen-bond donors (Lipinski definition) is 2. The zero-order valence-electron chi connectivity index (χ0n) is 9.93. The van der Waals surface area contributed by atoms with E-state index >= 15 is 0 Å². The molecular formula is C10H20O6. The fourth-order valence-corrected chi connectivity index (χ4v) is 0.521. The number of aliphatic carboxylic acids is 2. The Hall–Kier alpha value is -1.14. The van der Waals surface area contributed by atoms with Gasteiger partial charge >= 0.3 is 11.9 Å². The topological polar surface area (TPSA) is 93.1 Å². The van der Waals surface area contributed by atoms with Crippen LogP contribution in [0.3, 0.4) is 0 Å². The van der Waals surface area contributed by atoms with Crippen molar-refractivity contribution >= 4 is 11.9 Å². The first-order valence-corrected chi connectivity index (χ1v) is 5.06. The summed E-state index contributed by atoms with van der Waals surface area (Å²) < 4.78 is 9.35. The van der Waals surface area contributed by atoms with Gasteiger partial charge in [-0.1, -0.05) is 6.92 Å². The average Bonchev–Trinajstić information content (AvgIpc) is 2.23. The summed E-state index contributed by atoms with van der Waals surface area (Å²) in [6.45, 7) is 5.65. The Morgan fingerprint density at radius 1 is 1.12 bits per heavy atom. The average molecular weight is 236 g/mol. The molecule has 0 spiro atoms. The second-order valence-electron chi connectivity index (χ2n) is 2.95. The van der Waals surface area contributed by atoms with E-state index in [0.717, 1.165) is 6.42 Å². The Morgan fingerprint density at radius 3 is 1.88 bits per heavy atom. The number of carbonyl (C=O) groups is 2. The number of carboxylic acids is 2. The van der Waals surface area contributed by atoms with Crippen molar-refractivity contribution in [2.24, 2.45) is 0 Å². The van der Waals surface area contributed by atoms with Gasteiger partial charge in [-0.3, -0.25) is 0 Å². The minimum atomic E-state index is -0.915. The molecule has 1 atom stereocenters. The summed E-state index contributed by atoms with van der Waals surface area (Å²) in [5.41, 5.74) is 0. The fraction of sp³-hybridized carbons (Fsp3) is 0.800. The van der Waals surface area contributed by atoms with E-state index in [2.05, 4.69) is 4.74 Å². The van der Waals surface area contributed by atoms with E-state index in [9.17, 15) is 9.59 Å². The molecular weight excluding hydrogens is 216 g/mol. The summed E-state index contributed by atoms with van der Waals surface area (Å²) in [6, 6.07) is 0. The van der Waals surface area contributed by atoms with Crippen LogP contribution in [0.25, 0.3) is 0 Å². The largest absolute Gasteiger partial charge is 0.480 e. The van der Waals surface area contributed by atoms with Crippen molar-refractivity contribution < 1.29 is 29.3 Å². The molecule has 0 aliphatic rings. The van der Waals surface area contributed by atoms with E-state index < -0.39 is 11.9 Å². The van der Waals surface area contributed by atoms with E-state index in [1.807, 2.05) is 13.8 Å². The monoisotopic (exact) mass is 236 g/mol. The van der Waals surface area contributed by atoms with Crippen LogP contribution in [0.5, 0.6) is 0 Å². The molecule has 6 nitrogen and oxygen atoms in total. The summed E-state index contributed by atoms with van der Waals surface area (Å²) in [5, 5.41) is 16.1. The molecule has 0 aliphatic heterocycles. The molecule has 0 heterocycles. The van der Waals surface area contributed by atoms with Gasteiger partial charge in [-0.25, -0.2) is 9.59 Å². The van der Waals surface area contributed by atoms with Gasteiger partial charge in [-0.2, -0.15) is 0 Å². The number of carboxylic acid groups (broad SMARTS) is 2. The van der Waals surface area contributed by atoms with E-state index in [4.69, 9.17) is 14.9 Å². The molecule has 0 radical (unpaired) electrons.